The monoisotopic (exact) mass is 177 g/mol. The third kappa shape index (κ3) is 1.87. The lowest BCUT2D eigenvalue weighted by Crippen LogP contribution is -2.38. The van der Waals surface area contributed by atoms with E-state index in [9.17, 15) is 4.79 Å². The van der Waals surface area contributed by atoms with Crippen molar-refractivity contribution in [1.82, 2.24) is 5.06 Å². The van der Waals surface area contributed by atoms with Crippen LogP contribution in [-0.2, 0) is 4.84 Å². The van der Waals surface area contributed by atoms with Gasteiger partial charge in [-0.3, -0.25) is 0 Å². The summed E-state index contributed by atoms with van der Waals surface area (Å²) in [6.45, 7) is 1.72. The topological polar surface area (TPSA) is 29.5 Å². The fraction of sp³-hybridized carbons (Fsp3) is 0.300. The molecule has 0 amide bonds. The van der Waals surface area contributed by atoms with Gasteiger partial charge >= 0.3 is 5.97 Å². The average Bonchev–Trinajstić information content (AvgIpc) is 2.12. The van der Waals surface area contributed by atoms with Gasteiger partial charge in [-0.25, -0.2) is 4.79 Å². The van der Waals surface area contributed by atoms with Crippen LogP contribution in [0.1, 0.15) is 16.8 Å². The molecule has 1 aliphatic heterocycles. The highest BCUT2D eigenvalue weighted by Gasteiger charge is 2.19. The van der Waals surface area contributed by atoms with Crippen LogP contribution in [0.25, 0.3) is 0 Å². The van der Waals surface area contributed by atoms with E-state index in [2.05, 4.69) is 0 Å². The molecule has 0 spiro atoms. The summed E-state index contributed by atoms with van der Waals surface area (Å²) < 4.78 is 0. The highest BCUT2D eigenvalue weighted by molar-refractivity contribution is 5.89. The minimum atomic E-state index is -0.264. The Morgan fingerprint density at radius 3 is 2.46 bits per heavy atom. The zero-order valence-corrected chi connectivity index (χ0v) is 7.27. The molecular weight excluding hydrogens is 166 g/mol. The second-order valence-corrected chi connectivity index (χ2v) is 3.03. The number of hydroxylamine groups is 2. The molecule has 0 aromatic heterocycles. The highest BCUT2D eigenvalue weighted by atomic mass is 16.7. The first kappa shape index (κ1) is 8.26. The molecule has 3 heteroatoms. The van der Waals surface area contributed by atoms with Crippen LogP contribution in [0.5, 0.6) is 0 Å². The SMILES string of the molecule is O=C(ON1CCC1)c1ccccc1. The van der Waals surface area contributed by atoms with E-state index in [1.54, 1.807) is 17.2 Å². The number of benzene rings is 1. The molecule has 68 valence electrons. The summed E-state index contributed by atoms with van der Waals surface area (Å²) in [5.74, 6) is -0.264. The van der Waals surface area contributed by atoms with E-state index < -0.39 is 0 Å². The quantitative estimate of drug-likeness (QED) is 0.685. The molecule has 1 heterocycles. The van der Waals surface area contributed by atoms with Gasteiger partial charge in [-0.15, -0.1) is 5.06 Å². The Hall–Kier alpha value is -1.35. The zero-order chi connectivity index (χ0) is 9.10. The maximum absolute atomic E-state index is 11.4. The number of carbonyl (C=O) groups is 1. The fourth-order valence-electron chi connectivity index (χ4n) is 1.12. The molecular formula is C10H11NO2. The van der Waals surface area contributed by atoms with Crippen LogP contribution in [-0.4, -0.2) is 24.1 Å². The molecule has 1 aromatic carbocycles. The Balaban J connectivity index is 1.97. The lowest BCUT2D eigenvalue weighted by Gasteiger charge is -2.28. The number of carbonyl (C=O) groups excluding carboxylic acids is 1. The van der Waals surface area contributed by atoms with Gasteiger partial charge in [0.15, 0.2) is 0 Å². The van der Waals surface area contributed by atoms with Crippen LogP contribution in [0, 0.1) is 0 Å². The lowest BCUT2D eigenvalue weighted by molar-refractivity contribution is -0.147. The van der Waals surface area contributed by atoms with Crippen molar-refractivity contribution in [3.63, 3.8) is 0 Å². The highest BCUT2D eigenvalue weighted by Crippen LogP contribution is 2.09. The van der Waals surface area contributed by atoms with Crippen molar-refractivity contribution in [3.05, 3.63) is 35.9 Å². The summed E-state index contributed by atoms with van der Waals surface area (Å²) in [6, 6.07) is 9.03. The Bertz CT molecular complexity index is 293. The summed E-state index contributed by atoms with van der Waals surface area (Å²) in [6.07, 6.45) is 1.11. The van der Waals surface area contributed by atoms with E-state index in [4.69, 9.17) is 4.84 Å². The van der Waals surface area contributed by atoms with E-state index >= 15 is 0 Å². The maximum Gasteiger partial charge on any atom is 0.357 e. The van der Waals surface area contributed by atoms with Crippen LogP contribution in [0.4, 0.5) is 0 Å². The van der Waals surface area contributed by atoms with E-state index in [0.29, 0.717) is 5.56 Å². The molecule has 1 fully saturated rings. The molecule has 0 saturated carbocycles. The minimum Gasteiger partial charge on any atom is -0.364 e. The van der Waals surface area contributed by atoms with Gasteiger partial charge in [-0.2, -0.15) is 0 Å². The third-order valence-corrected chi connectivity index (χ3v) is 2.04. The molecule has 0 bridgehead atoms. The first-order chi connectivity index (χ1) is 6.36. The van der Waals surface area contributed by atoms with Gasteiger partial charge in [0.05, 0.1) is 5.56 Å². The van der Waals surface area contributed by atoms with Crippen molar-refractivity contribution < 1.29 is 9.63 Å². The van der Waals surface area contributed by atoms with E-state index in [1.807, 2.05) is 18.2 Å². The first-order valence-electron chi connectivity index (χ1n) is 4.38. The second-order valence-electron chi connectivity index (χ2n) is 3.03. The van der Waals surface area contributed by atoms with Gasteiger partial charge in [0.1, 0.15) is 0 Å². The van der Waals surface area contributed by atoms with Crippen LogP contribution in [0.15, 0.2) is 30.3 Å². The fourth-order valence-corrected chi connectivity index (χ4v) is 1.12. The summed E-state index contributed by atoms with van der Waals surface area (Å²) >= 11 is 0. The summed E-state index contributed by atoms with van der Waals surface area (Å²) in [4.78, 5) is 16.5. The van der Waals surface area contributed by atoms with Gasteiger partial charge in [0.25, 0.3) is 0 Å². The number of nitrogens with zero attached hydrogens (tertiary/aromatic N) is 1. The molecule has 0 atom stereocenters. The van der Waals surface area contributed by atoms with Crippen molar-refractivity contribution in [1.29, 1.82) is 0 Å². The molecule has 0 N–H and O–H groups in total. The maximum atomic E-state index is 11.4. The van der Waals surface area contributed by atoms with Gasteiger partial charge in [0.2, 0.25) is 0 Å². The van der Waals surface area contributed by atoms with E-state index in [0.717, 1.165) is 19.5 Å². The molecule has 2 rings (SSSR count). The minimum absolute atomic E-state index is 0.264. The Kier molecular flexibility index (Phi) is 2.27. The molecule has 1 saturated heterocycles. The number of hydrogen-bond donors (Lipinski definition) is 0. The number of rotatable bonds is 2. The van der Waals surface area contributed by atoms with Gasteiger partial charge in [-0.1, -0.05) is 18.2 Å². The Morgan fingerprint density at radius 2 is 1.92 bits per heavy atom. The van der Waals surface area contributed by atoms with Gasteiger partial charge < -0.3 is 4.84 Å². The molecule has 3 nitrogen and oxygen atoms in total. The van der Waals surface area contributed by atoms with Crippen molar-refractivity contribution in [2.75, 3.05) is 13.1 Å². The normalized spacial score (nSPS) is 16.3. The number of hydrogen-bond acceptors (Lipinski definition) is 3. The predicted octanol–water partition coefficient (Wildman–Crippen LogP) is 1.46. The molecule has 1 aromatic rings. The molecule has 13 heavy (non-hydrogen) atoms. The van der Waals surface area contributed by atoms with Gasteiger partial charge in [-0.05, 0) is 18.6 Å². The van der Waals surface area contributed by atoms with Crippen molar-refractivity contribution in [2.24, 2.45) is 0 Å². The van der Waals surface area contributed by atoms with Crippen LogP contribution in [0.3, 0.4) is 0 Å². The standard InChI is InChI=1S/C10H11NO2/c12-10(13-11-7-4-8-11)9-5-2-1-3-6-9/h1-3,5-6H,4,7-8H2. The predicted molar refractivity (Wildman–Crippen MR) is 48.0 cm³/mol. The van der Waals surface area contributed by atoms with Crippen LogP contribution in [0.2, 0.25) is 0 Å². The van der Waals surface area contributed by atoms with E-state index in [1.165, 1.54) is 0 Å². The zero-order valence-electron chi connectivity index (χ0n) is 7.27. The van der Waals surface area contributed by atoms with Crippen molar-refractivity contribution in [3.8, 4) is 0 Å². The molecule has 0 radical (unpaired) electrons. The first-order valence-corrected chi connectivity index (χ1v) is 4.38. The molecule has 0 unspecified atom stereocenters. The largest absolute Gasteiger partial charge is 0.364 e. The summed E-state index contributed by atoms with van der Waals surface area (Å²) in [7, 11) is 0. The third-order valence-electron chi connectivity index (χ3n) is 2.04. The average molecular weight is 177 g/mol. The Labute approximate surface area is 76.9 Å². The lowest BCUT2D eigenvalue weighted by atomic mass is 10.2. The summed E-state index contributed by atoms with van der Waals surface area (Å²) in [5, 5.41) is 1.68. The second kappa shape index (κ2) is 3.58. The van der Waals surface area contributed by atoms with Crippen molar-refractivity contribution in [2.45, 2.75) is 6.42 Å². The molecule has 1 aliphatic rings. The van der Waals surface area contributed by atoms with Crippen LogP contribution < -0.4 is 0 Å². The van der Waals surface area contributed by atoms with E-state index in [-0.39, 0.29) is 5.97 Å². The summed E-state index contributed by atoms with van der Waals surface area (Å²) in [5.41, 5.74) is 0.606. The van der Waals surface area contributed by atoms with Crippen molar-refractivity contribution >= 4 is 5.97 Å². The molecule has 0 aliphatic carbocycles. The smallest absolute Gasteiger partial charge is 0.357 e. The van der Waals surface area contributed by atoms with Gasteiger partial charge in [0, 0.05) is 13.1 Å². The van der Waals surface area contributed by atoms with Crippen LogP contribution >= 0.6 is 0 Å². The Morgan fingerprint density at radius 1 is 1.23 bits per heavy atom.